The lowest BCUT2D eigenvalue weighted by atomic mass is 10.0. The number of rotatable bonds is 7. The molecule has 0 aliphatic carbocycles. The summed E-state index contributed by atoms with van der Waals surface area (Å²) in [5.74, 6) is -0.451. The summed E-state index contributed by atoms with van der Waals surface area (Å²) in [5, 5.41) is 2.92. The van der Waals surface area contributed by atoms with Crippen molar-refractivity contribution >= 4 is 11.8 Å². The third-order valence-corrected chi connectivity index (χ3v) is 5.06. The Morgan fingerprint density at radius 3 is 2.71 bits per heavy atom. The molecule has 148 valence electrons. The van der Waals surface area contributed by atoms with Gasteiger partial charge in [0.15, 0.2) is 0 Å². The zero-order valence-corrected chi connectivity index (χ0v) is 15.8. The van der Waals surface area contributed by atoms with Crippen LogP contribution in [-0.4, -0.2) is 41.9 Å². The van der Waals surface area contributed by atoms with Gasteiger partial charge in [0.05, 0.1) is 0 Å². The summed E-state index contributed by atoms with van der Waals surface area (Å²) < 4.78 is 13.3. The molecule has 0 bridgehead atoms. The monoisotopic (exact) mass is 383 g/mol. The van der Waals surface area contributed by atoms with Gasteiger partial charge < -0.3 is 16.0 Å². The molecule has 0 radical (unpaired) electrons. The predicted molar refractivity (Wildman–Crippen MR) is 106 cm³/mol. The fourth-order valence-corrected chi connectivity index (χ4v) is 3.66. The van der Waals surface area contributed by atoms with Crippen LogP contribution in [0.15, 0.2) is 54.6 Å². The maximum atomic E-state index is 13.3. The molecule has 2 aromatic rings. The molecule has 3 rings (SSSR count). The SMILES string of the molecule is N[C@@H](CC(=O)N1CCC[C@H]1CNC(=O)c1ccccc1)Cc1cccc(F)c1. The van der Waals surface area contributed by atoms with Gasteiger partial charge in [0, 0.05) is 37.2 Å². The van der Waals surface area contributed by atoms with Gasteiger partial charge in [-0.2, -0.15) is 0 Å². The van der Waals surface area contributed by atoms with Gasteiger partial charge in [0.1, 0.15) is 5.82 Å². The molecular weight excluding hydrogens is 357 g/mol. The summed E-state index contributed by atoms with van der Waals surface area (Å²) in [7, 11) is 0. The van der Waals surface area contributed by atoms with Crippen LogP contribution in [0.1, 0.15) is 35.2 Å². The lowest BCUT2D eigenvalue weighted by molar-refractivity contribution is -0.132. The normalized spacial score (nSPS) is 17.4. The minimum atomic E-state index is -0.366. The molecule has 1 aliphatic rings. The zero-order valence-electron chi connectivity index (χ0n) is 15.8. The molecule has 0 spiro atoms. The van der Waals surface area contributed by atoms with Crippen LogP contribution in [0.3, 0.4) is 0 Å². The molecule has 1 fully saturated rings. The molecule has 0 saturated carbocycles. The molecule has 2 aromatic carbocycles. The van der Waals surface area contributed by atoms with Crippen LogP contribution in [0, 0.1) is 5.82 Å². The van der Waals surface area contributed by atoms with Crippen LogP contribution >= 0.6 is 0 Å². The standard InChI is InChI=1S/C22H26FN3O2/c23-18-9-4-6-16(12-18)13-19(24)14-21(27)26-11-5-10-20(26)15-25-22(28)17-7-2-1-3-8-17/h1-4,6-9,12,19-20H,5,10-11,13-15,24H2,(H,25,28)/t19-,20+/m1/s1. The lowest BCUT2D eigenvalue weighted by Crippen LogP contribution is -2.45. The van der Waals surface area contributed by atoms with Gasteiger partial charge in [-0.15, -0.1) is 0 Å². The number of amides is 2. The van der Waals surface area contributed by atoms with Gasteiger partial charge in [-0.25, -0.2) is 4.39 Å². The summed E-state index contributed by atoms with van der Waals surface area (Å²) in [5.41, 5.74) is 7.52. The highest BCUT2D eigenvalue weighted by Crippen LogP contribution is 2.19. The van der Waals surface area contributed by atoms with Crippen LogP contribution in [0.2, 0.25) is 0 Å². The molecule has 0 unspecified atom stereocenters. The predicted octanol–water partition coefficient (Wildman–Crippen LogP) is 2.51. The third-order valence-electron chi connectivity index (χ3n) is 5.06. The van der Waals surface area contributed by atoms with Crippen LogP contribution < -0.4 is 11.1 Å². The molecule has 0 aromatic heterocycles. The average molecular weight is 383 g/mol. The van der Waals surface area contributed by atoms with Crippen molar-refractivity contribution in [2.45, 2.75) is 37.8 Å². The van der Waals surface area contributed by atoms with Gasteiger partial charge >= 0.3 is 0 Å². The van der Waals surface area contributed by atoms with E-state index in [1.807, 2.05) is 29.2 Å². The number of likely N-dealkylation sites (tertiary alicyclic amines) is 1. The van der Waals surface area contributed by atoms with E-state index in [1.165, 1.54) is 12.1 Å². The van der Waals surface area contributed by atoms with Gasteiger partial charge in [-0.3, -0.25) is 9.59 Å². The molecule has 1 saturated heterocycles. The van der Waals surface area contributed by atoms with Crippen molar-refractivity contribution in [1.29, 1.82) is 0 Å². The van der Waals surface area contributed by atoms with Crippen molar-refractivity contribution in [3.05, 3.63) is 71.5 Å². The summed E-state index contributed by atoms with van der Waals surface area (Å²) in [4.78, 5) is 26.7. The molecule has 6 heteroatoms. The largest absolute Gasteiger partial charge is 0.350 e. The Morgan fingerprint density at radius 1 is 1.18 bits per heavy atom. The Bertz CT molecular complexity index is 812. The van der Waals surface area contributed by atoms with Crippen molar-refractivity contribution in [2.75, 3.05) is 13.1 Å². The Kier molecular flexibility index (Phi) is 6.76. The third kappa shape index (κ3) is 5.39. The zero-order chi connectivity index (χ0) is 19.9. The molecule has 1 heterocycles. The number of carbonyl (C=O) groups excluding carboxylic acids is 2. The second-order valence-electron chi connectivity index (χ2n) is 7.26. The summed E-state index contributed by atoms with van der Waals surface area (Å²) in [6.07, 6.45) is 2.43. The number of benzene rings is 2. The first kappa shape index (κ1) is 20.0. The van der Waals surface area contributed by atoms with Gasteiger partial charge in [-0.1, -0.05) is 30.3 Å². The molecule has 3 N–H and O–H groups in total. The summed E-state index contributed by atoms with van der Waals surface area (Å²) in [6, 6.07) is 14.9. The average Bonchev–Trinajstić information content (AvgIpc) is 3.15. The van der Waals surface area contributed by atoms with E-state index < -0.39 is 0 Å². The van der Waals surface area contributed by atoms with Crippen molar-refractivity contribution in [2.24, 2.45) is 5.73 Å². The quantitative estimate of drug-likeness (QED) is 0.771. The van der Waals surface area contributed by atoms with Crippen molar-refractivity contribution in [1.82, 2.24) is 10.2 Å². The second kappa shape index (κ2) is 9.46. The summed E-state index contributed by atoms with van der Waals surface area (Å²) >= 11 is 0. The number of halogens is 1. The number of nitrogens with one attached hydrogen (secondary N) is 1. The molecule has 2 atom stereocenters. The smallest absolute Gasteiger partial charge is 0.251 e. The van der Waals surface area contributed by atoms with Crippen LogP contribution in [0.25, 0.3) is 0 Å². The highest BCUT2D eigenvalue weighted by Gasteiger charge is 2.29. The molecule has 2 amide bonds. The first-order chi connectivity index (χ1) is 13.5. The van der Waals surface area contributed by atoms with Crippen molar-refractivity contribution < 1.29 is 14.0 Å². The van der Waals surface area contributed by atoms with Crippen molar-refractivity contribution in [3.63, 3.8) is 0 Å². The highest BCUT2D eigenvalue weighted by atomic mass is 19.1. The maximum Gasteiger partial charge on any atom is 0.251 e. The Balaban J connectivity index is 1.50. The highest BCUT2D eigenvalue weighted by molar-refractivity contribution is 5.94. The van der Waals surface area contributed by atoms with E-state index in [0.29, 0.717) is 25.1 Å². The fraction of sp³-hybridized carbons (Fsp3) is 0.364. The number of nitrogens with two attached hydrogens (primary N) is 1. The van der Waals surface area contributed by atoms with E-state index >= 15 is 0 Å². The minimum Gasteiger partial charge on any atom is -0.350 e. The van der Waals surface area contributed by atoms with E-state index in [-0.39, 0.29) is 36.1 Å². The number of hydrogen-bond donors (Lipinski definition) is 2. The Hall–Kier alpha value is -2.73. The Morgan fingerprint density at radius 2 is 1.96 bits per heavy atom. The fourth-order valence-electron chi connectivity index (χ4n) is 3.66. The summed E-state index contributed by atoms with van der Waals surface area (Å²) in [6.45, 7) is 1.11. The van der Waals surface area contributed by atoms with Crippen LogP contribution in [0.5, 0.6) is 0 Å². The van der Waals surface area contributed by atoms with E-state index in [1.54, 1.807) is 18.2 Å². The van der Waals surface area contributed by atoms with E-state index in [9.17, 15) is 14.0 Å². The van der Waals surface area contributed by atoms with E-state index in [2.05, 4.69) is 5.32 Å². The molecule has 28 heavy (non-hydrogen) atoms. The lowest BCUT2D eigenvalue weighted by Gasteiger charge is -2.26. The Labute approximate surface area is 164 Å². The van der Waals surface area contributed by atoms with Crippen LogP contribution in [-0.2, 0) is 11.2 Å². The van der Waals surface area contributed by atoms with Crippen molar-refractivity contribution in [3.8, 4) is 0 Å². The van der Waals surface area contributed by atoms with Gasteiger partial charge in [-0.05, 0) is 49.1 Å². The second-order valence-corrected chi connectivity index (χ2v) is 7.26. The molecule has 5 nitrogen and oxygen atoms in total. The van der Waals surface area contributed by atoms with E-state index in [0.717, 1.165) is 18.4 Å². The number of hydrogen-bond acceptors (Lipinski definition) is 3. The van der Waals surface area contributed by atoms with E-state index in [4.69, 9.17) is 5.73 Å². The first-order valence-corrected chi connectivity index (χ1v) is 9.65. The van der Waals surface area contributed by atoms with Gasteiger partial charge in [0.2, 0.25) is 5.91 Å². The van der Waals surface area contributed by atoms with Gasteiger partial charge in [0.25, 0.3) is 5.91 Å². The number of carbonyl (C=O) groups is 2. The minimum absolute atomic E-state index is 0.0125. The number of nitrogens with zero attached hydrogens (tertiary/aromatic N) is 1. The molecule has 1 aliphatic heterocycles. The molecular formula is C22H26FN3O2. The van der Waals surface area contributed by atoms with Crippen LogP contribution in [0.4, 0.5) is 4.39 Å². The topological polar surface area (TPSA) is 75.4 Å². The first-order valence-electron chi connectivity index (χ1n) is 9.65. The maximum absolute atomic E-state index is 13.3.